The van der Waals surface area contributed by atoms with E-state index in [0.717, 1.165) is 45.9 Å². The zero-order valence-corrected chi connectivity index (χ0v) is 18.0. The highest BCUT2D eigenvalue weighted by atomic mass is 79.9. The average Bonchev–Trinajstić information content (AvgIpc) is 3.50. The van der Waals surface area contributed by atoms with E-state index >= 15 is 0 Å². The molecule has 1 fully saturated rings. The minimum Gasteiger partial charge on any atom is -0.478 e. The monoisotopic (exact) mass is 460 g/mol. The van der Waals surface area contributed by atoms with Crippen molar-refractivity contribution >= 4 is 32.8 Å². The third-order valence-corrected chi connectivity index (χ3v) is 6.21. The topological polar surface area (TPSA) is 55.1 Å². The zero-order valence-electron chi connectivity index (χ0n) is 16.4. The molecule has 0 spiro atoms. The molecule has 0 radical (unpaired) electrons. The van der Waals surface area contributed by atoms with Crippen LogP contribution in [0.4, 0.5) is 0 Å². The van der Waals surface area contributed by atoms with Crippen LogP contribution >= 0.6 is 15.9 Å². The van der Waals surface area contributed by atoms with Crippen molar-refractivity contribution < 1.29 is 9.90 Å². The van der Waals surface area contributed by atoms with Crippen molar-refractivity contribution in [3.63, 3.8) is 0 Å². The lowest BCUT2D eigenvalue weighted by Gasteiger charge is -2.09. The number of halogens is 1. The molecule has 150 valence electrons. The number of carboxylic acids is 1. The molecule has 0 saturated heterocycles. The maximum atomic E-state index is 11.8. The van der Waals surface area contributed by atoms with Crippen LogP contribution in [0.2, 0.25) is 0 Å². The summed E-state index contributed by atoms with van der Waals surface area (Å²) in [5.41, 5.74) is 5.46. The predicted octanol–water partition coefficient (Wildman–Crippen LogP) is 6.01. The number of hydrogen-bond acceptors (Lipinski definition) is 2. The van der Waals surface area contributed by atoms with Crippen LogP contribution in [0.5, 0.6) is 0 Å². The summed E-state index contributed by atoms with van der Waals surface area (Å²) in [6.45, 7) is 0.801. The third-order valence-electron chi connectivity index (χ3n) is 5.72. The Bertz CT molecular complexity index is 1260. The van der Waals surface area contributed by atoms with E-state index in [4.69, 9.17) is 0 Å². The van der Waals surface area contributed by atoms with Gasteiger partial charge in [-0.1, -0.05) is 34.1 Å². The van der Waals surface area contributed by atoms with Crippen molar-refractivity contribution in [1.29, 1.82) is 0 Å². The molecule has 0 aliphatic heterocycles. The molecule has 2 aromatic heterocycles. The number of fused-ring (bicyclic) bond motifs is 1. The maximum Gasteiger partial charge on any atom is 0.337 e. The van der Waals surface area contributed by atoms with E-state index in [1.54, 1.807) is 0 Å². The van der Waals surface area contributed by atoms with Gasteiger partial charge in [-0.2, -0.15) is 0 Å². The summed E-state index contributed by atoms with van der Waals surface area (Å²) in [4.78, 5) is 16.3. The van der Waals surface area contributed by atoms with Crippen molar-refractivity contribution in [2.75, 3.05) is 0 Å². The van der Waals surface area contributed by atoms with Crippen molar-refractivity contribution in [3.8, 4) is 0 Å². The molecular weight excluding hydrogens is 440 g/mol. The molecule has 1 aliphatic rings. The molecule has 1 N–H and O–H groups in total. The van der Waals surface area contributed by atoms with E-state index in [0.29, 0.717) is 23.6 Å². The fourth-order valence-electron chi connectivity index (χ4n) is 4.00. The zero-order chi connectivity index (χ0) is 20.7. The fraction of sp³-hybridized carbons (Fsp3) is 0.200. The molecule has 0 unspecified atom stereocenters. The van der Waals surface area contributed by atoms with Crippen LogP contribution in [0.15, 0.2) is 71.5 Å². The van der Waals surface area contributed by atoms with Gasteiger partial charge in [-0.3, -0.25) is 4.98 Å². The number of aromatic nitrogens is 2. The molecular formula is C25H21BrN2O2. The summed E-state index contributed by atoms with van der Waals surface area (Å²) in [7, 11) is 0. The van der Waals surface area contributed by atoms with E-state index in [2.05, 4.69) is 68.1 Å². The second-order valence-electron chi connectivity index (χ2n) is 7.99. The Balaban J connectivity index is 1.42. The normalized spacial score (nSPS) is 13.6. The van der Waals surface area contributed by atoms with E-state index < -0.39 is 5.97 Å². The highest BCUT2D eigenvalue weighted by Crippen LogP contribution is 2.40. The molecule has 0 amide bonds. The second kappa shape index (κ2) is 7.73. The Morgan fingerprint density at radius 2 is 1.97 bits per heavy atom. The van der Waals surface area contributed by atoms with E-state index in [1.807, 2.05) is 24.4 Å². The Labute approximate surface area is 183 Å². The highest BCUT2D eigenvalue weighted by Gasteiger charge is 2.25. The van der Waals surface area contributed by atoms with E-state index in [1.165, 1.54) is 5.56 Å². The molecule has 1 saturated carbocycles. The van der Waals surface area contributed by atoms with Gasteiger partial charge < -0.3 is 9.67 Å². The molecule has 4 nitrogen and oxygen atoms in total. The van der Waals surface area contributed by atoms with Crippen molar-refractivity contribution in [1.82, 2.24) is 9.55 Å². The van der Waals surface area contributed by atoms with Crippen LogP contribution in [0, 0.1) is 0 Å². The van der Waals surface area contributed by atoms with Crippen LogP contribution in [0.1, 0.15) is 51.5 Å². The van der Waals surface area contributed by atoms with Gasteiger partial charge >= 0.3 is 5.97 Å². The number of benzene rings is 2. The Morgan fingerprint density at radius 3 is 2.73 bits per heavy atom. The lowest BCUT2D eigenvalue weighted by molar-refractivity contribution is 0.0695. The summed E-state index contributed by atoms with van der Waals surface area (Å²) in [6, 6.07) is 18.6. The average molecular weight is 461 g/mol. The number of aromatic carboxylic acids is 1. The van der Waals surface area contributed by atoms with Crippen LogP contribution in [0.3, 0.4) is 0 Å². The van der Waals surface area contributed by atoms with Crippen LogP contribution in [-0.4, -0.2) is 20.6 Å². The maximum absolute atomic E-state index is 11.8. The van der Waals surface area contributed by atoms with Crippen LogP contribution in [-0.2, 0) is 13.0 Å². The van der Waals surface area contributed by atoms with Crippen molar-refractivity contribution in [3.05, 3.63) is 99.4 Å². The van der Waals surface area contributed by atoms with Crippen LogP contribution < -0.4 is 0 Å². The summed E-state index contributed by atoms with van der Waals surface area (Å²) < 4.78 is 3.31. The number of carboxylic acid groups (broad SMARTS) is 1. The first-order chi connectivity index (χ1) is 14.6. The summed E-state index contributed by atoms with van der Waals surface area (Å²) in [6.07, 6.45) is 6.73. The molecule has 0 atom stereocenters. The summed E-state index contributed by atoms with van der Waals surface area (Å²) in [5.74, 6) is -0.410. The molecule has 1 aliphatic carbocycles. The van der Waals surface area contributed by atoms with Gasteiger partial charge in [-0.25, -0.2) is 4.79 Å². The lowest BCUT2D eigenvalue weighted by atomic mass is 10.0. The Hall–Kier alpha value is -2.92. The van der Waals surface area contributed by atoms with Gasteiger partial charge in [0.05, 0.1) is 11.3 Å². The van der Waals surface area contributed by atoms with E-state index in [-0.39, 0.29) is 0 Å². The lowest BCUT2D eigenvalue weighted by Crippen LogP contribution is -2.07. The SMILES string of the molecule is O=C(O)c1cc(C2CC2)cnc1Cc1ccc2c(ccn2Cc2cccc(Br)c2)c1. The first-order valence-electron chi connectivity index (χ1n) is 10.1. The number of nitrogens with zero attached hydrogens (tertiary/aromatic N) is 2. The highest BCUT2D eigenvalue weighted by molar-refractivity contribution is 9.10. The number of carbonyl (C=O) groups is 1. The molecule has 5 heteroatoms. The molecule has 5 rings (SSSR count). The van der Waals surface area contributed by atoms with Gasteiger partial charge in [0.25, 0.3) is 0 Å². The molecule has 2 heterocycles. The second-order valence-corrected chi connectivity index (χ2v) is 8.90. The Kier molecular flexibility index (Phi) is 4.91. The van der Waals surface area contributed by atoms with Crippen molar-refractivity contribution in [2.24, 2.45) is 0 Å². The van der Waals surface area contributed by atoms with Crippen LogP contribution in [0.25, 0.3) is 10.9 Å². The number of pyridine rings is 1. The van der Waals surface area contributed by atoms with Gasteiger partial charge in [-0.15, -0.1) is 0 Å². The Morgan fingerprint density at radius 1 is 1.10 bits per heavy atom. The molecule has 30 heavy (non-hydrogen) atoms. The van der Waals surface area contributed by atoms with Gasteiger partial charge in [-0.05, 0) is 77.2 Å². The predicted molar refractivity (Wildman–Crippen MR) is 121 cm³/mol. The first kappa shape index (κ1) is 19.1. The first-order valence-corrected chi connectivity index (χ1v) is 10.9. The number of hydrogen-bond donors (Lipinski definition) is 1. The standard InChI is InChI=1S/C25H21BrN2O2/c26-21-3-1-2-17(11-21)15-28-9-8-19-10-16(4-7-24(19)28)12-23-22(25(29)30)13-20(14-27-23)18-5-6-18/h1-4,7-11,13-14,18H,5-6,12,15H2,(H,29,30). The van der Waals surface area contributed by atoms with Gasteiger partial charge in [0.2, 0.25) is 0 Å². The molecule has 4 aromatic rings. The smallest absolute Gasteiger partial charge is 0.337 e. The molecule has 2 aromatic carbocycles. The van der Waals surface area contributed by atoms with Crippen molar-refractivity contribution in [2.45, 2.75) is 31.7 Å². The quantitative estimate of drug-likeness (QED) is 0.383. The van der Waals surface area contributed by atoms with Gasteiger partial charge in [0.15, 0.2) is 0 Å². The van der Waals surface area contributed by atoms with E-state index in [9.17, 15) is 9.90 Å². The van der Waals surface area contributed by atoms with Gasteiger partial charge in [0, 0.05) is 35.3 Å². The van der Waals surface area contributed by atoms with Gasteiger partial charge in [0.1, 0.15) is 0 Å². The largest absolute Gasteiger partial charge is 0.478 e. The third kappa shape index (κ3) is 3.90. The number of rotatable bonds is 6. The molecule has 0 bridgehead atoms. The summed E-state index contributed by atoms with van der Waals surface area (Å²) in [5, 5.41) is 10.8. The minimum absolute atomic E-state index is 0.326. The fourth-order valence-corrected chi connectivity index (χ4v) is 4.44. The summed E-state index contributed by atoms with van der Waals surface area (Å²) >= 11 is 3.53. The minimum atomic E-state index is -0.902.